The number of hydrogen-bond donors (Lipinski definition) is 3. The molecule has 3 N–H and O–H groups in total. The van der Waals surface area contributed by atoms with Gasteiger partial charge in [0.05, 0.1) is 0 Å². The number of nitrogens with one attached hydrogen (secondary N) is 1. The Hall–Kier alpha value is -6.59. The molecular formula is C45H39NO10. The molecule has 284 valence electrons. The van der Waals surface area contributed by atoms with Gasteiger partial charge in [-0.3, -0.25) is 24.0 Å². The fourth-order valence-electron chi connectivity index (χ4n) is 7.62. The van der Waals surface area contributed by atoms with Gasteiger partial charge in [-0.05, 0) is 63.0 Å². The molecule has 56 heavy (non-hydrogen) atoms. The van der Waals surface area contributed by atoms with Crippen LogP contribution in [0.1, 0.15) is 46.1 Å². The van der Waals surface area contributed by atoms with Crippen molar-refractivity contribution in [2.75, 3.05) is 26.3 Å². The molecule has 2 aliphatic carbocycles. The summed E-state index contributed by atoms with van der Waals surface area (Å²) in [6.07, 6.45) is -0.328. The monoisotopic (exact) mass is 753 g/mol. The van der Waals surface area contributed by atoms with Crippen molar-refractivity contribution >= 4 is 29.8 Å². The molecule has 2 atom stereocenters. The third-order valence-corrected chi connectivity index (χ3v) is 10.6. The zero-order valence-corrected chi connectivity index (χ0v) is 30.3. The first-order valence-corrected chi connectivity index (χ1v) is 18.3. The van der Waals surface area contributed by atoms with E-state index in [0.29, 0.717) is 5.56 Å². The molecule has 5 aromatic carbocycles. The first-order valence-electron chi connectivity index (χ1n) is 18.3. The van der Waals surface area contributed by atoms with Crippen LogP contribution in [0.3, 0.4) is 0 Å². The largest absolute Gasteiger partial charge is 0.481 e. The molecule has 11 heteroatoms. The minimum atomic E-state index is -2.87. The van der Waals surface area contributed by atoms with Gasteiger partial charge in [0.1, 0.15) is 19.8 Å². The maximum atomic E-state index is 14.0. The number of carbonyl (C=O) groups is 5. The number of benzene rings is 5. The number of fused-ring (bicyclic) bond motifs is 6. The lowest BCUT2D eigenvalue weighted by Gasteiger charge is -2.27. The highest BCUT2D eigenvalue weighted by Crippen LogP contribution is 2.46. The summed E-state index contributed by atoms with van der Waals surface area (Å²) in [4.78, 5) is 66.2. The van der Waals surface area contributed by atoms with E-state index in [1.54, 1.807) is 30.3 Å². The summed E-state index contributed by atoms with van der Waals surface area (Å²) in [6, 6.07) is 39.3. The average Bonchev–Trinajstić information content (AvgIpc) is 3.72. The Kier molecular flexibility index (Phi) is 11.1. The standard InChI is InChI=1S/C45H39NO10/c47-40(48)37(41(49)54-25-38-33-18-8-4-14-29(33)30-15-5-9-19-34(30)38)22-23-46-27-45(42(50)51,43(52)55-24-28-12-2-1-3-13-28)44(53)56-26-39-35-20-10-6-16-31(35)32-17-7-11-21-36(32)39/h1-21,37-39,46H,22-27H2,(H,47,48)(H,50,51)/t37-,45+/m0/s1. The van der Waals surface area contributed by atoms with Gasteiger partial charge in [-0.1, -0.05) is 127 Å². The quantitative estimate of drug-likeness (QED) is 0.0455. The van der Waals surface area contributed by atoms with E-state index in [4.69, 9.17) is 14.2 Å². The van der Waals surface area contributed by atoms with Crippen LogP contribution in [0.5, 0.6) is 0 Å². The Morgan fingerprint density at radius 2 is 1.00 bits per heavy atom. The highest BCUT2D eigenvalue weighted by Gasteiger charge is 2.57. The number of carboxylic acid groups (broad SMARTS) is 2. The van der Waals surface area contributed by atoms with Gasteiger partial charge < -0.3 is 29.7 Å². The fourth-order valence-corrected chi connectivity index (χ4v) is 7.62. The van der Waals surface area contributed by atoms with Crippen LogP contribution in [0.2, 0.25) is 0 Å². The normalized spacial score (nSPS) is 14.3. The van der Waals surface area contributed by atoms with E-state index in [1.807, 2.05) is 97.1 Å². The van der Waals surface area contributed by atoms with Crippen molar-refractivity contribution in [1.82, 2.24) is 5.32 Å². The zero-order valence-electron chi connectivity index (χ0n) is 30.3. The van der Waals surface area contributed by atoms with E-state index >= 15 is 0 Å². The Morgan fingerprint density at radius 3 is 1.46 bits per heavy atom. The first kappa shape index (κ1) is 37.7. The third kappa shape index (κ3) is 7.28. The third-order valence-electron chi connectivity index (χ3n) is 10.6. The van der Waals surface area contributed by atoms with Crippen molar-refractivity contribution in [3.05, 3.63) is 155 Å². The molecule has 0 unspecified atom stereocenters. The van der Waals surface area contributed by atoms with Crippen LogP contribution in [0.15, 0.2) is 127 Å². The van der Waals surface area contributed by atoms with E-state index in [9.17, 15) is 34.2 Å². The predicted molar refractivity (Wildman–Crippen MR) is 204 cm³/mol. The Labute approximate surface area is 322 Å². The maximum Gasteiger partial charge on any atom is 0.336 e. The summed E-state index contributed by atoms with van der Waals surface area (Å²) in [5.41, 5.74) is 5.36. The highest BCUT2D eigenvalue weighted by atomic mass is 16.6. The Bertz CT molecular complexity index is 2200. The number of carboxylic acids is 2. The molecular weight excluding hydrogens is 714 g/mol. The van der Waals surface area contributed by atoms with Crippen molar-refractivity contribution in [1.29, 1.82) is 0 Å². The lowest BCUT2D eigenvalue weighted by Crippen LogP contribution is -2.55. The molecule has 0 bridgehead atoms. The second-order valence-electron chi connectivity index (χ2n) is 13.8. The summed E-state index contributed by atoms with van der Waals surface area (Å²) in [5.74, 6) is -9.24. The number of hydrogen-bond acceptors (Lipinski definition) is 9. The lowest BCUT2D eigenvalue weighted by atomic mass is 9.87. The van der Waals surface area contributed by atoms with Crippen LogP contribution in [0.4, 0.5) is 0 Å². The Morgan fingerprint density at radius 1 is 0.571 bits per heavy atom. The van der Waals surface area contributed by atoms with E-state index < -0.39 is 53.6 Å². The number of rotatable bonds is 16. The second kappa shape index (κ2) is 16.4. The number of aliphatic carboxylic acids is 2. The predicted octanol–water partition coefficient (Wildman–Crippen LogP) is 6.19. The van der Waals surface area contributed by atoms with Gasteiger partial charge in [0, 0.05) is 18.4 Å². The highest BCUT2D eigenvalue weighted by molar-refractivity contribution is 6.17. The van der Waals surface area contributed by atoms with Crippen molar-refractivity contribution in [2.45, 2.75) is 24.9 Å². The van der Waals surface area contributed by atoms with Gasteiger partial charge in [0.15, 0.2) is 5.92 Å². The Balaban J connectivity index is 1.04. The first-order chi connectivity index (χ1) is 27.2. The van der Waals surface area contributed by atoms with E-state index in [0.717, 1.165) is 44.5 Å². The van der Waals surface area contributed by atoms with Crippen LogP contribution >= 0.6 is 0 Å². The summed E-state index contributed by atoms with van der Waals surface area (Å²) in [5, 5.41) is 23.3. The number of esters is 3. The summed E-state index contributed by atoms with van der Waals surface area (Å²) in [7, 11) is 0. The SMILES string of the molecule is O=C(O)[C@H](CCNC[C@@](C(=O)O)(C(=O)OCc1ccccc1)C(=O)OCC1c2ccccc2-c2ccccc21)C(=O)OCC1c2ccccc2-c2ccccc21. The average molecular weight is 754 g/mol. The number of ether oxygens (including phenoxy) is 3. The fraction of sp³-hybridized carbons (Fsp3) is 0.222. The molecule has 0 saturated heterocycles. The van der Waals surface area contributed by atoms with Gasteiger partial charge >= 0.3 is 29.8 Å². The van der Waals surface area contributed by atoms with E-state index in [-0.39, 0.29) is 38.7 Å². The molecule has 0 aliphatic heterocycles. The molecule has 7 rings (SSSR count). The maximum absolute atomic E-state index is 14.0. The molecule has 0 radical (unpaired) electrons. The molecule has 11 nitrogen and oxygen atoms in total. The molecule has 0 saturated carbocycles. The van der Waals surface area contributed by atoms with Crippen molar-refractivity contribution < 1.29 is 48.4 Å². The summed E-state index contributed by atoms with van der Waals surface area (Å²) < 4.78 is 16.7. The molecule has 0 heterocycles. The van der Waals surface area contributed by atoms with Gasteiger partial charge in [0.25, 0.3) is 5.41 Å². The van der Waals surface area contributed by atoms with Gasteiger partial charge in [-0.15, -0.1) is 0 Å². The summed E-state index contributed by atoms with van der Waals surface area (Å²) >= 11 is 0. The van der Waals surface area contributed by atoms with Gasteiger partial charge in [0.2, 0.25) is 0 Å². The van der Waals surface area contributed by atoms with E-state index in [2.05, 4.69) is 5.32 Å². The summed E-state index contributed by atoms with van der Waals surface area (Å²) in [6.45, 7) is -1.71. The topological polar surface area (TPSA) is 166 Å². The van der Waals surface area contributed by atoms with Crippen LogP contribution in [-0.2, 0) is 44.8 Å². The molecule has 0 fully saturated rings. The smallest absolute Gasteiger partial charge is 0.336 e. The lowest BCUT2D eigenvalue weighted by molar-refractivity contribution is -0.182. The van der Waals surface area contributed by atoms with Gasteiger partial charge in [-0.2, -0.15) is 0 Å². The number of carbonyl (C=O) groups excluding carboxylic acids is 3. The minimum absolute atomic E-state index is 0.0821. The van der Waals surface area contributed by atoms with Crippen molar-refractivity contribution in [2.24, 2.45) is 11.3 Å². The minimum Gasteiger partial charge on any atom is -0.481 e. The molecule has 0 aromatic heterocycles. The molecule has 2 aliphatic rings. The van der Waals surface area contributed by atoms with Crippen LogP contribution in [0, 0.1) is 11.3 Å². The van der Waals surface area contributed by atoms with Gasteiger partial charge in [-0.25, -0.2) is 0 Å². The van der Waals surface area contributed by atoms with Crippen LogP contribution in [-0.4, -0.2) is 66.4 Å². The zero-order chi connectivity index (χ0) is 39.2. The molecule has 0 spiro atoms. The second-order valence-corrected chi connectivity index (χ2v) is 13.8. The van der Waals surface area contributed by atoms with E-state index in [1.165, 1.54) is 0 Å². The molecule has 0 amide bonds. The van der Waals surface area contributed by atoms with Crippen LogP contribution < -0.4 is 5.32 Å². The van der Waals surface area contributed by atoms with Crippen molar-refractivity contribution in [3.63, 3.8) is 0 Å². The van der Waals surface area contributed by atoms with Crippen molar-refractivity contribution in [3.8, 4) is 22.3 Å². The molecule has 5 aromatic rings. The van der Waals surface area contributed by atoms with Crippen LogP contribution in [0.25, 0.3) is 22.3 Å².